The van der Waals surface area contributed by atoms with Crippen LogP contribution in [0.5, 0.6) is 0 Å². The van der Waals surface area contributed by atoms with Crippen LogP contribution in [0, 0.1) is 5.41 Å². The first-order chi connectivity index (χ1) is 7.13. The van der Waals surface area contributed by atoms with E-state index in [0.29, 0.717) is 11.5 Å². The van der Waals surface area contributed by atoms with Crippen molar-refractivity contribution in [3.8, 4) is 0 Å². The van der Waals surface area contributed by atoms with Gasteiger partial charge in [0.25, 0.3) is 0 Å². The third kappa shape index (κ3) is 3.44. The van der Waals surface area contributed by atoms with E-state index in [2.05, 4.69) is 18.7 Å². The first-order valence-corrected chi connectivity index (χ1v) is 6.06. The van der Waals surface area contributed by atoms with Crippen molar-refractivity contribution in [3.05, 3.63) is 0 Å². The van der Waals surface area contributed by atoms with Gasteiger partial charge in [0.1, 0.15) is 0 Å². The van der Waals surface area contributed by atoms with E-state index < -0.39 is 0 Å². The van der Waals surface area contributed by atoms with Crippen LogP contribution in [0.2, 0.25) is 0 Å². The van der Waals surface area contributed by atoms with Crippen LogP contribution in [0.1, 0.15) is 33.1 Å². The zero-order valence-electron chi connectivity index (χ0n) is 10.5. The van der Waals surface area contributed by atoms with Crippen molar-refractivity contribution >= 4 is 0 Å². The van der Waals surface area contributed by atoms with Crippen LogP contribution in [0.4, 0.5) is 0 Å². The summed E-state index contributed by atoms with van der Waals surface area (Å²) in [4.78, 5) is 2.55. The van der Waals surface area contributed by atoms with E-state index in [0.717, 1.165) is 19.6 Å². The normalized spacial score (nSPS) is 22.2. The maximum absolute atomic E-state index is 5.70. The van der Waals surface area contributed by atoms with Crippen LogP contribution in [0.15, 0.2) is 0 Å². The molecule has 0 saturated carbocycles. The summed E-state index contributed by atoms with van der Waals surface area (Å²) in [6, 6.07) is 0.670. The number of methoxy groups -OCH3 is 1. The molecule has 0 unspecified atom stereocenters. The van der Waals surface area contributed by atoms with Crippen LogP contribution < -0.4 is 5.73 Å². The number of hydrogen-bond acceptors (Lipinski definition) is 3. The van der Waals surface area contributed by atoms with Gasteiger partial charge in [-0.2, -0.15) is 0 Å². The van der Waals surface area contributed by atoms with Crippen molar-refractivity contribution in [2.24, 2.45) is 11.1 Å². The maximum atomic E-state index is 5.70. The van der Waals surface area contributed by atoms with E-state index in [9.17, 15) is 0 Å². The highest BCUT2D eigenvalue weighted by molar-refractivity contribution is 4.87. The highest BCUT2D eigenvalue weighted by atomic mass is 16.5. The highest BCUT2D eigenvalue weighted by Crippen LogP contribution is 2.35. The van der Waals surface area contributed by atoms with E-state index in [1.807, 2.05) is 0 Å². The van der Waals surface area contributed by atoms with Crippen molar-refractivity contribution < 1.29 is 4.74 Å². The highest BCUT2D eigenvalue weighted by Gasteiger charge is 2.34. The van der Waals surface area contributed by atoms with Crippen LogP contribution in [-0.4, -0.2) is 44.3 Å². The van der Waals surface area contributed by atoms with Gasteiger partial charge in [-0.25, -0.2) is 0 Å². The number of hydrogen-bond donors (Lipinski definition) is 1. The lowest BCUT2D eigenvalue weighted by molar-refractivity contribution is 0.00922. The summed E-state index contributed by atoms with van der Waals surface area (Å²) in [5.74, 6) is 0. The summed E-state index contributed by atoms with van der Waals surface area (Å²) < 4.78 is 5.36. The van der Waals surface area contributed by atoms with Gasteiger partial charge >= 0.3 is 0 Å². The first kappa shape index (κ1) is 12.9. The fourth-order valence-corrected chi connectivity index (χ4v) is 2.59. The van der Waals surface area contributed by atoms with Crippen LogP contribution in [0.25, 0.3) is 0 Å². The van der Waals surface area contributed by atoms with Gasteiger partial charge in [0, 0.05) is 13.2 Å². The molecule has 1 aliphatic heterocycles. The van der Waals surface area contributed by atoms with Gasteiger partial charge in [-0.15, -0.1) is 0 Å². The molecule has 0 radical (unpaired) electrons. The lowest BCUT2D eigenvalue weighted by atomic mass is 9.76. The Balaban J connectivity index is 2.49. The van der Waals surface area contributed by atoms with Crippen LogP contribution in [0.3, 0.4) is 0 Å². The topological polar surface area (TPSA) is 38.5 Å². The minimum absolute atomic E-state index is 0.356. The molecule has 0 spiro atoms. The molecule has 1 rings (SSSR count). The third-order valence-electron chi connectivity index (χ3n) is 3.71. The predicted molar refractivity (Wildman–Crippen MR) is 63.9 cm³/mol. The fraction of sp³-hybridized carbons (Fsp3) is 1.00. The molecule has 3 nitrogen and oxygen atoms in total. The number of likely N-dealkylation sites (tertiary alicyclic amines) is 1. The molecule has 1 heterocycles. The Kier molecular flexibility index (Phi) is 5.03. The van der Waals surface area contributed by atoms with Crippen LogP contribution in [-0.2, 0) is 4.74 Å². The van der Waals surface area contributed by atoms with Crippen molar-refractivity contribution in [3.63, 3.8) is 0 Å². The summed E-state index contributed by atoms with van der Waals surface area (Å²) in [7, 11) is 1.80. The van der Waals surface area contributed by atoms with Crippen LogP contribution >= 0.6 is 0 Å². The molecule has 0 atom stereocenters. The average molecular weight is 214 g/mol. The molecule has 0 amide bonds. The second-order valence-electron chi connectivity index (χ2n) is 5.10. The lowest BCUT2D eigenvalue weighted by Gasteiger charge is -2.42. The number of rotatable bonds is 5. The molecule has 1 fully saturated rings. The van der Waals surface area contributed by atoms with Crippen molar-refractivity contribution in [1.82, 2.24) is 4.90 Å². The molecule has 0 bridgehead atoms. The standard InChI is InChI=1S/C12H26N2O/c1-11(2)14-8-5-12(4-7-13,6-9-14)10-15-3/h11H,4-10,13H2,1-3H3. The molecule has 0 aliphatic carbocycles. The summed E-state index contributed by atoms with van der Waals surface area (Å²) >= 11 is 0. The van der Waals surface area contributed by atoms with Gasteiger partial charge in [0.15, 0.2) is 0 Å². The van der Waals surface area contributed by atoms with E-state index in [1.54, 1.807) is 7.11 Å². The van der Waals surface area contributed by atoms with E-state index >= 15 is 0 Å². The largest absolute Gasteiger partial charge is 0.384 e. The molecule has 2 N–H and O–H groups in total. The van der Waals surface area contributed by atoms with Crippen molar-refractivity contribution in [2.45, 2.75) is 39.2 Å². The Morgan fingerprint density at radius 3 is 2.33 bits per heavy atom. The van der Waals surface area contributed by atoms with Crippen molar-refractivity contribution in [1.29, 1.82) is 0 Å². The quantitative estimate of drug-likeness (QED) is 0.753. The minimum Gasteiger partial charge on any atom is -0.384 e. The zero-order valence-corrected chi connectivity index (χ0v) is 10.5. The molecule has 3 heteroatoms. The third-order valence-corrected chi connectivity index (χ3v) is 3.71. The smallest absolute Gasteiger partial charge is 0.0520 e. The van der Waals surface area contributed by atoms with Crippen molar-refractivity contribution in [2.75, 3.05) is 33.4 Å². The predicted octanol–water partition coefficient (Wildman–Crippen LogP) is 1.47. The molecule has 0 aromatic rings. The second-order valence-corrected chi connectivity index (χ2v) is 5.10. The minimum atomic E-state index is 0.356. The second kappa shape index (κ2) is 5.83. The van der Waals surface area contributed by atoms with Gasteiger partial charge in [-0.1, -0.05) is 0 Å². The average Bonchev–Trinajstić information content (AvgIpc) is 2.19. The molecule has 0 aromatic carbocycles. The molecule has 0 aromatic heterocycles. The molecule has 1 saturated heterocycles. The summed E-state index contributed by atoms with van der Waals surface area (Å²) in [5, 5.41) is 0. The van der Waals surface area contributed by atoms with Gasteiger partial charge in [0.05, 0.1) is 6.61 Å². The number of ether oxygens (including phenoxy) is 1. The number of piperidine rings is 1. The Hall–Kier alpha value is -0.120. The zero-order chi connectivity index (χ0) is 11.3. The van der Waals surface area contributed by atoms with Gasteiger partial charge in [-0.3, -0.25) is 0 Å². The Bertz CT molecular complexity index is 166. The monoisotopic (exact) mass is 214 g/mol. The lowest BCUT2D eigenvalue weighted by Crippen LogP contribution is -2.45. The molecular weight excluding hydrogens is 188 g/mol. The fourth-order valence-electron chi connectivity index (χ4n) is 2.59. The Labute approximate surface area is 94.0 Å². The van der Waals surface area contributed by atoms with E-state index in [-0.39, 0.29) is 0 Å². The number of nitrogens with zero attached hydrogens (tertiary/aromatic N) is 1. The van der Waals surface area contributed by atoms with Gasteiger partial charge < -0.3 is 15.4 Å². The van der Waals surface area contributed by atoms with E-state index in [1.165, 1.54) is 25.9 Å². The summed E-state index contributed by atoms with van der Waals surface area (Å²) in [6.45, 7) is 8.59. The van der Waals surface area contributed by atoms with Gasteiger partial charge in [0.2, 0.25) is 0 Å². The molecule has 15 heavy (non-hydrogen) atoms. The summed E-state index contributed by atoms with van der Waals surface area (Å²) in [6.07, 6.45) is 3.57. The summed E-state index contributed by atoms with van der Waals surface area (Å²) in [5.41, 5.74) is 6.06. The van der Waals surface area contributed by atoms with Gasteiger partial charge in [-0.05, 0) is 58.2 Å². The molecule has 90 valence electrons. The Morgan fingerprint density at radius 1 is 1.33 bits per heavy atom. The first-order valence-electron chi connectivity index (χ1n) is 6.06. The Morgan fingerprint density at radius 2 is 1.93 bits per heavy atom. The SMILES string of the molecule is COCC1(CCN)CCN(C(C)C)CC1. The van der Waals surface area contributed by atoms with E-state index in [4.69, 9.17) is 10.5 Å². The molecule has 1 aliphatic rings. The maximum Gasteiger partial charge on any atom is 0.0520 e. The molecular formula is C12H26N2O. The number of nitrogens with two attached hydrogens (primary N) is 1.